The Morgan fingerprint density at radius 1 is 0.677 bits per heavy atom. The Labute approximate surface area is 182 Å². The first-order valence-corrected chi connectivity index (χ1v) is 10.9. The molecular formula is C22H26O8S. The number of rotatable bonds is 4. The molecule has 168 valence electrons. The zero-order valence-electron chi connectivity index (χ0n) is 18.3. The Kier molecular flexibility index (Phi) is 7.00. The highest BCUT2D eigenvalue weighted by molar-refractivity contribution is 7.91. The third-order valence-corrected chi connectivity index (χ3v) is 5.20. The molecule has 2 aromatic rings. The summed E-state index contributed by atoms with van der Waals surface area (Å²) in [6, 6.07) is 10.8. The highest BCUT2D eigenvalue weighted by Crippen LogP contribution is 2.26. The van der Waals surface area contributed by atoms with Crippen LogP contribution in [0.4, 0.5) is 9.59 Å². The molecule has 2 rings (SSSR count). The molecule has 0 aliphatic carbocycles. The van der Waals surface area contributed by atoms with Gasteiger partial charge in [-0.3, -0.25) is 0 Å². The third-order valence-electron chi connectivity index (χ3n) is 3.43. The van der Waals surface area contributed by atoms with Gasteiger partial charge in [-0.2, -0.15) is 0 Å². The summed E-state index contributed by atoms with van der Waals surface area (Å²) in [5.41, 5.74) is -1.46. The summed E-state index contributed by atoms with van der Waals surface area (Å²) in [7, 11) is -3.91. The van der Waals surface area contributed by atoms with Crippen LogP contribution >= 0.6 is 0 Å². The monoisotopic (exact) mass is 450 g/mol. The van der Waals surface area contributed by atoms with Gasteiger partial charge in [0.25, 0.3) is 0 Å². The molecule has 0 aliphatic heterocycles. The van der Waals surface area contributed by atoms with Crippen molar-refractivity contribution < 1.29 is 37.0 Å². The first-order valence-electron chi connectivity index (χ1n) is 9.43. The molecule has 0 fully saturated rings. The normalized spacial score (nSPS) is 12.1. The molecule has 0 unspecified atom stereocenters. The summed E-state index contributed by atoms with van der Waals surface area (Å²) >= 11 is 0. The Hall–Kier alpha value is -3.07. The number of ether oxygens (including phenoxy) is 4. The van der Waals surface area contributed by atoms with Gasteiger partial charge < -0.3 is 18.9 Å². The van der Waals surface area contributed by atoms with Crippen LogP contribution in [0.2, 0.25) is 0 Å². The van der Waals surface area contributed by atoms with Crippen molar-refractivity contribution in [2.45, 2.75) is 62.5 Å². The predicted molar refractivity (Wildman–Crippen MR) is 112 cm³/mol. The van der Waals surface area contributed by atoms with Gasteiger partial charge >= 0.3 is 12.3 Å². The quantitative estimate of drug-likeness (QED) is 0.465. The molecule has 0 atom stereocenters. The second kappa shape index (κ2) is 8.97. The Morgan fingerprint density at radius 2 is 1.16 bits per heavy atom. The minimum atomic E-state index is -3.91. The lowest BCUT2D eigenvalue weighted by Crippen LogP contribution is -2.26. The largest absolute Gasteiger partial charge is 0.514 e. The lowest BCUT2D eigenvalue weighted by atomic mass is 10.2. The van der Waals surface area contributed by atoms with E-state index < -0.39 is 33.4 Å². The van der Waals surface area contributed by atoms with Crippen LogP contribution in [0.15, 0.2) is 58.3 Å². The van der Waals surface area contributed by atoms with E-state index >= 15 is 0 Å². The van der Waals surface area contributed by atoms with Gasteiger partial charge in [0.05, 0.1) is 9.79 Å². The molecule has 0 radical (unpaired) electrons. The zero-order valence-corrected chi connectivity index (χ0v) is 19.1. The molecular weight excluding hydrogens is 424 g/mol. The number of hydrogen-bond acceptors (Lipinski definition) is 8. The Balaban J connectivity index is 2.16. The maximum Gasteiger partial charge on any atom is 0.514 e. The van der Waals surface area contributed by atoms with E-state index in [0.29, 0.717) is 0 Å². The van der Waals surface area contributed by atoms with Crippen molar-refractivity contribution in [1.29, 1.82) is 0 Å². The fourth-order valence-electron chi connectivity index (χ4n) is 2.26. The summed E-state index contributed by atoms with van der Waals surface area (Å²) in [6.45, 7) is 10.2. The van der Waals surface area contributed by atoms with Crippen molar-refractivity contribution in [2.24, 2.45) is 0 Å². The van der Waals surface area contributed by atoms with Crippen LogP contribution in [0.25, 0.3) is 0 Å². The number of benzene rings is 2. The van der Waals surface area contributed by atoms with Crippen LogP contribution in [-0.2, 0) is 19.3 Å². The van der Waals surface area contributed by atoms with Crippen molar-refractivity contribution in [3.63, 3.8) is 0 Å². The van der Waals surface area contributed by atoms with Crippen molar-refractivity contribution in [2.75, 3.05) is 0 Å². The topological polar surface area (TPSA) is 105 Å². The van der Waals surface area contributed by atoms with E-state index in [0.717, 1.165) is 0 Å². The van der Waals surface area contributed by atoms with Crippen LogP contribution in [-0.4, -0.2) is 31.9 Å². The second-order valence-electron chi connectivity index (χ2n) is 8.58. The molecule has 8 nitrogen and oxygen atoms in total. The van der Waals surface area contributed by atoms with Gasteiger partial charge in [-0.25, -0.2) is 18.0 Å². The van der Waals surface area contributed by atoms with Crippen LogP contribution < -0.4 is 9.47 Å². The summed E-state index contributed by atoms with van der Waals surface area (Å²) in [5, 5.41) is 0. The van der Waals surface area contributed by atoms with Crippen LogP contribution in [0.5, 0.6) is 11.5 Å². The summed E-state index contributed by atoms with van der Waals surface area (Å²) < 4.78 is 46.1. The highest BCUT2D eigenvalue weighted by Gasteiger charge is 2.22. The van der Waals surface area contributed by atoms with Gasteiger partial charge in [0.15, 0.2) is 0 Å². The summed E-state index contributed by atoms with van der Waals surface area (Å²) in [6.07, 6.45) is -1.83. The summed E-state index contributed by atoms with van der Waals surface area (Å²) in [5.74, 6) is 0.162. The van der Waals surface area contributed by atoms with E-state index in [1.165, 1.54) is 48.5 Å². The van der Waals surface area contributed by atoms with E-state index in [9.17, 15) is 18.0 Å². The third kappa shape index (κ3) is 7.60. The van der Waals surface area contributed by atoms with Crippen molar-refractivity contribution in [3.05, 3.63) is 48.5 Å². The van der Waals surface area contributed by atoms with Gasteiger partial charge in [-0.05, 0) is 77.9 Å². The van der Waals surface area contributed by atoms with Crippen molar-refractivity contribution in [3.8, 4) is 11.5 Å². The van der Waals surface area contributed by atoms with Gasteiger partial charge in [0.1, 0.15) is 22.7 Å². The van der Waals surface area contributed by atoms with Crippen LogP contribution in [0.1, 0.15) is 41.5 Å². The number of carbonyl (C=O) groups is 2. The van der Waals surface area contributed by atoms with Crippen LogP contribution in [0, 0.1) is 0 Å². The van der Waals surface area contributed by atoms with E-state index in [1.54, 1.807) is 41.5 Å². The smallest absolute Gasteiger partial charge is 0.428 e. The molecule has 0 spiro atoms. The minimum absolute atomic E-state index is 0.0280. The SMILES string of the molecule is CC(C)(C)OC(=O)Oc1ccc(S(=O)(=O)c2cccc(OC(=O)OC(C)(C)C)c2)cc1. The maximum atomic E-state index is 12.9. The molecule has 0 saturated heterocycles. The van der Waals surface area contributed by atoms with Gasteiger partial charge in [0, 0.05) is 6.07 Å². The van der Waals surface area contributed by atoms with Crippen LogP contribution in [0.3, 0.4) is 0 Å². The fourth-order valence-corrected chi connectivity index (χ4v) is 3.56. The average molecular weight is 451 g/mol. The standard InChI is InChI=1S/C22H26O8S/c1-21(2,3)29-19(23)27-15-10-12-17(13-11-15)31(25,26)18-9-7-8-16(14-18)28-20(24)30-22(4,5)6/h7-14H,1-6H3. The fraction of sp³-hybridized carbons (Fsp3) is 0.364. The van der Waals surface area contributed by atoms with Gasteiger partial charge in [0.2, 0.25) is 9.84 Å². The molecule has 0 aliphatic rings. The van der Waals surface area contributed by atoms with Crippen molar-refractivity contribution in [1.82, 2.24) is 0 Å². The maximum absolute atomic E-state index is 12.9. The molecule has 0 saturated carbocycles. The molecule has 0 bridgehead atoms. The van der Waals surface area contributed by atoms with E-state index in [4.69, 9.17) is 18.9 Å². The second-order valence-corrected chi connectivity index (χ2v) is 10.5. The number of hydrogen-bond donors (Lipinski definition) is 0. The predicted octanol–water partition coefficient (Wildman–Crippen LogP) is 5.15. The first-order chi connectivity index (χ1) is 14.2. The molecule has 2 aromatic carbocycles. The number of sulfone groups is 1. The lowest BCUT2D eigenvalue weighted by Gasteiger charge is -2.19. The molecule has 9 heteroatoms. The minimum Gasteiger partial charge on any atom is -0.428 e. The van der Waals surface area contributed by atoms with Gasteiger partial charge in [-0.1, -0.05) is 6.07 Å². The Bertz CT molecular complexity index is 1040. The summed E-state index contributed by atoms with van der Waals surface area (Å²) in [4.78, 5) is 23.5. The average Bonchev–Trinajstić information content (AvgIpc) is 2.59. The Morgan fingerprint density at radius 3 is 1.65 bits per heavy atom. The number of carbonyl (C=O) groups excluding carboxylic acids is 2. The molecule has 0 aromatic heterocycles. The molecule has 0 N–H and O–H groups in total. The molecule has 0 heterocycles. The first kappa shape index (κ1) is 24.2. The highest BCUT2D eigenvalue weighted by atomic mass is 32.2. The lowest BCUT2D eigenvalue weighted by molar-refractivity contribution is 0.0192. The van der Waals surface area contributed by atoms with Crippen molar-refractivity contribution >= 4 is 22.1 Å². The van der Waals surface area contributed by atoms with Gasteiger partial charge in [-0.15, -0.1) is 0 Å². The molecule has 31 heavy (non-hydrogen) atoms. The molecule has 0 amide bonds. The van der Waals surface area contributed by atoms with E-state index in [-0.39, 0.29) is 21.3 Å². The van der Waals surface area contributed by atoms with E-state index in [2.05, 4.69) is 0 Å². The zero-order chi connectivity index (χ0) is 23.4. The van der Waals surface area contributed by atoms with E-state index in [1.807, 2.05) is 0 Å².